The summed E-state index contributed by atoms with van der Waals surface area (Å²) in [6, 6.07) is 6.16. The third-order valence-electron chi connectivity index (χ3n) is 4.70. The summed E-state index contributed by atoms with van der Waals surface area (Å²) in [5.41, 5.74) is 5.60. The second kappa shape index (κ2) is 8.19. The van der Waals surface area contributed by atoms with Crippen LogP contribution in [0.2, 0.25) is 0 Å². The van der Waals surface area contributed by atoms with E-state index in [0.29, 0.717) is 19.6 Å². The molecule has 0 spiro atoms. The second-order valence-electron chi connectivity index (χ2n) is 6.71. The molecule has 0 aliphatic carbocycles. The molecule has 0 aliphatic rings. The highest BCUT2D eigenvalue weighted by atomic mass is 16.5. The number of benzene rings is 1. The fourth-order valence-corrected chi connectivity index (χ4v) is 2.88. The predicted molar refractivity (Wildman–Crippen MR) is 100 cm³/mol. The van der Waals surface area contributed by atoms with Crippen molar-refractivity contribution in [2.45, 2.75) is 40.5 Å². The van der Waals surface area contributed by atoms with Gasteiger partial charge in [0.05, 0.1) is 12.2 Å². The monoisotopic (exact) mass is 343 g/mol. The molecule has 0 N–H and O–H groups in total. The number of nitrogens with zero attached hydrogens (tertiary/aromatic N) is 3. The van der Waals surface area contributed by atoms with Crippen LogP contribution in [0.1, 0.15) is 34.5 Å². The van der Waals surface area contributed by atoms with Crippen LogP contribution >= 0.6 is 0 Å². The molecule has 2 rings (SSSR count). The molecule has 0 fully saturated rings. The lowest BCUT2D eigenvalue weighted by molar-refractivity contribution is -0.130. The maximum atomic E-state index is 12.4. The van der Waals surface area contributed by atoms with Crippen molar-refractivity contribution < 1.29 is 9.53 Å². The number of amides is 1. The smallest absolute Gasteiger partial charge is 0.222 e. The first-order chi connectivity index (χ1) is 11.8. The predicted octanol–water partition coefficient (Wildman–Crippen LogP) is 3.12. The summed E-state index contributed by atoms with van der Waals surface area (Å²) >= 11 is 0. The van der Waals surface area contributed by atoms with Gasteiger partial charge in [-0.15, -0.1) is 0 Å². The van der Waals surface area contributed by atoms with Gasteiger partial charge in [0.2, 0.25) is 5.91 Å². The van der Waals surface area contributed by atoms with Crippen molar-refractivity contribution in [1.82, 2.24) is 14.7 Å². The molecule has 0 bridgehead atoms. The highest BCUT2D eigenvalue weighted by molar-refractivity contribution is 5.76. The van der Waals surface area contributed by atoms with Crippen LogP contribution in [-0.2, 0) is 18.3 Å². The quantitative estimate of drug-likeness (QED) is 0.776. The Hall–Kier alpha value is -2.30. The molecule has 25 heavy (non-hydrogen) atoms. The summed E-state index contributed by atoms with van der Waals surface area (Å²) in [6.07, 6.45) is 1.22. The summed E-state index contributed by atoms with van der Waals surface area (Å²) in [4.78, 5) is 14.1. The standard InChI is InChI=1S/C20H29N3O2/c1-14-7-8-15(2)19(13-14)25-12-11-22(5)20(24)10-9-18-16(3)21-23(6)17(18)4/h7-8,13H,9-12H2,1-6H3. The summed E-state index contributed by atoms with van der Waals surface area (Å²) < 4.78 is 7.71. The van der Waals surface area contributed by atoms with Crippen molar-refractivity contribution in [3.63, 3.8) is 0 Å². The molecule has 0 atom stereocenters. The number of ether oxygens (including phenoxy) is 1. The zero-order chi connectivity index (χ0) is 18.6. The topological polar surface area (TPSA) is 47.4 Å². The molecule has 0 unspecified atom stereocenters. The van der Waals surface area contributed by atoms with Crippen LogP contribution in [0.25, 0.3) is 0 Å². The number of hydrogen-bond donors (Lipinski definition) is 0. The van der Waals surface area contributed by atoms with E-state index in [1.165, 1.54) is 11.1 Å². The van der Waals surface area contributed by atoms with Crippen molar-refractivity contribution in [3.8, 4) is 5.75 Å². The van der Waals surface area contributed by atoms with Crippen LogP contribution in [0.5, 0.6) is 5.75 Å². The van der Waals surface area contributed by atoms with Gasteiger partial charge in [-0.05, 0) is 56.9 Å². The van der Waals surface area contributed by atoms with Crippen LogP contribution in [0.3, 0.4) is 0 Å². The lowest BCUT2D eigenvalue weighted by atomic mass is 10.1. The Bertz CT molecular complexity index is 750. The van der Waals surface area contributed by atoms with Crippen molar-refractivity contribution >= 4 is 5.91 Å². The van der Waals surface area contributed by atoms with E-state index in [-0.39, 0.29) is 5.91 Å². The first kappa shape index (κ1) is 19.0. The Morgan fingerprint density at radius 2 is 1.96 bits per heavy atom. The van der Waals surface area contributed by atoms with Crippen molar-refractivity contribution in [2.75, 3.05) is 20.2 Å². The van der Waals surface area contributed by atoms with Gasteiger partial charge in [0.25, 0.3) is 0 Å². The zero-order valence-electron chi connectivity index (χ0n) is 16.2. The van der Waals surface area contributed by atoms with E-state index in [0.717, 1.165) is 29.1 Å². The summed E-state index contributed by atoms with van der Waals surface area (Å²) in [5.74, 6) is 1.02. The van der Waals surface area contributed by atoms with E-state index in [1.807, 2.05) is 52.5 Å². The summed E-state index contributed by atoms with van der Waals surface area (Å²) in [7, 11) is 3.77. The van der Waals surface area contributed by atoms with Crippen molar-refractivity contribution in [3.05, 3.63) is 46.3 Å². The lowest BCUT2D eigenvalue weighted by Gasteiger charge is -2.18. The maximum absolute atomic E-state index is 12.4. The summed E-state index contributed by atoms with van der Waals surface area (Å²) in [6.45, 7) is 9.19. The van der Waals surface area contributed by atoms with E-state index >= 15 is 0 Å². The van der Waals surface area contributed by atoms with Crippen LogP contribution in [0.15, 0.2) is 18.2 Å². The molecule has 2 aromatic rings. The molecule has 1 aromatic heterocycles. The van der Waals surface area contributed by atoms with Gasteiger partial charge in [-0.25, -0.2) is 0 Å². The maximum Gasteiger partial charge on any atom is 0.222 e. The van der Waals surface area contributed by atoms with Crippen LogP contribution in [0, 0.1) is 27.7 Å². The minimum absolute atomic E-state index is 0.132. The molecule has 0 radical (unpaired) electrons. The lowest BCUT2D eigenvalue weighted by Crippen LogP contribution is -2.31. The Morgan fingerprint density at radius 3 is 2.60 bits per heavy atom. The minimum Gasteiger partial charge on any atom is -0.491 e. The second-order valence-corrected chi connectivity index (χ2v) is 6.71. The molecule has 0 saturated heterocycles. The molecule has 1 heterocycles. The Kier molecular flexibility index (Phi) is 6.23. The van der Waals surface area contributed by atoms with E-state index in [2.05, 4.69) is 17.2 Å². The molecule has 0 saturated carbocycles. The number of carbonyl (C=O) groups is 1. The van der Waals surface area contributed by atoms with Crippen molar-refractivity contribution in [1.29, 1.82) is 0 Å². The van der Waals surface area contributed by atoms with Gasteiger partial charge in [-0.1, -0.05) is 12.1 Å². The van der Waals surface area contributed by atoms with Gasteiger partial charge in [0, 0.05) is 26.2 Å². The highest BCUT2D eigenvalue weighted by Gasteiger charge is 2.14. The van der Waals surface area contributed by atoms with Gasteiger partial charge in [-0.2, -0.15) is 5.10 Å². The molecule has 1 aromatic carbocycles. The number of carbonyl (C=O) groups excluding carboxylic acids is 1. The van der Waals surface area contributed by atoms with Crippen LogP contribution < -0.4 is 4.74 Å². The average Bonchev–Trinajstić information content (AvgIpc) is 2.80. The largest absolute Gasteiger partial charge is 0.491 e. The fraction of sp³-hybridized carbons (Fsp3) is 0.500. The van der Waals surface area contributed by atoms with E-state index < -0.39 is 0 Å². The Morgan fingerprint density at radius 1 is 1.24 bits per heavy atom. The van der Waals surface area contributed by atoms with Gasteiger partial charge in [0.1, 0.15) is 12.4 Å². The number of hydrogen-bond acceptors (Lipinski definition) is 3. The van der Waals surface area contributed by atoms with Gasteiger partial charge < -0.3 is 9.64 Å². The average molecular weight is 343 g/mol. The number of aryl methyl sites for hydroxylation is 4. The van der Waals surface area contributed by atoms with E-state index in [9.17, 15) is 4.79 Å². The molecule has 5 heteroatoms. The van der Waals surface area contributed by atoms with E-state index in [4.69, 9.17) is 4.74 Å². The van der Waals surface area contributed by atoms with Crippen LogP contribution in [0.4, 0.5) is 0 Å². The summed E-state index contributed by atoms with van der Waals surface area (Å²) in [5, 5.41) is 4.40. The molecule has 1 amide bonds. The molecular weight excluding hydrogens is 314 g/mol. The fourth-order valence-electron chi connectivity index (χ4n) is 2.88. The van der Waals surface area contributed by atoms with Gasteiger partial charge >= 0.3 is 0 Å². The number of likely N-dealkylation sites (N-methyl/N-ethyl adjacent to an activating group) is 1. The highest BCUT2D eigenvalue weighted by Crippen LogP contribution is 2.19. The molecular formula is C20H29N3O2. The minimum atomic E-state index is 0.132. The number of aromatic nitrogens is 2. The van der Waals surface area contributed by atoms with E-state index in [1.54, 1.807) is 4.90 Å². The Labute approximate surface area is 150 Å². The Balaban J connectivity index is 1.81. The zero-order valence-corrected chi connectivity index (χ0v) is 16.2. The molecule has 0 aliphatic heterocycles. The third-order valence-corrected chi connectivity index (χ3v) is 4.70. The number of rotatable bonds is 7. The third kappa shape index (κ3) is 4.84. The first-order valence-electron chi connectivity index (χ1n) is 8.72. The normalized spacial score (nSPS) is 10.8. The van der Waals surface area contributed by atoms with Crippen molar-refractivity contribution in [2.24, 2.45) is 7.05 Å². The first-order valence-corrected chi connectivity index (χ1v) is 8.72. The van der Waals surface area contributed by atoms with Crippen LogP contribution in [-0.4, -0.2) is 40.8 Å². The van der Waals surface area contributed by atoms with Gasteiger partial charge in [0.15, 0.2) is 0 Å². The molecule has 5 nitrogen and oxygen atoms in total. The molecule has 136 valence electrons. The SMILES string of the molecule is Cc1ccc(C)c(OCCN(C)C(=O)CCc2c(C)nn(C)c2C)c1. The van der Waals surface area contributed by atoms with Gasteiger partial charge in [-0.3, -0.25) is 9.48 Å².